The molecule has 2 aliphatic heterocycles. The predicted octanol–water partition coefficient (Wildman–Crippen LogP) is 3.05. The summed E-state index contributed by atoms with van der Waals surface area (Å²) in [6, 6.07) is 16.9. The molecular formula is C22H27N3O2. The van der Waals surface area contributed by atoms with Crippen LogP contribution in [0, 0.1) is 0 Å². The van der Waals surface area contributed by atoms with Crippen LogP contribution in [0.3, 0.4) is 0 Å². The van der Waals surface area contributed by atoms with Crippen LogP contribution in [-0.2, 0) is 4.74 Å². The number of carbonyl (C=O) groups is 1. The van der Waals surface area contributed by atoms with Crippen molar-refractivity contribution < 1.29 is 9.53 Å². The zero-order valence-corrected chi connectivity index (χ0v) is 15.9. The first-order valence-electron chi connectivity index (χ1n) is 9.74. The number of ketones is 1. The van der Waals surface area contributed by atoms with Crippen molar-refractivity contribution in [1.29, 1.82) is 0 Å². The number of hydrogen-bond acceptors (Lipinski definition) is 5. The number of carbonyl (C=O) groups excluding carboxylic acids is 1. The average Bonchev–Trinajstić information content (AvgIpc) is 2.75. The van der Waals surface area contributed by atoms with E-state index in [4.69, 9.17) is 4.74 Å². The average molecular weight is 365 g/mol. The van der Waals surface area contributed by atoms with Gasteiger partial charge in [0.1, 0.15) is 0 Å². The van der Waals surface area contributed by atoms with E-state index in [0.29, 0.717) is 0 Å². The van der Waals surface area contributed by atoms with Crippen LogP contribution in [0.1, 0.15) is 17.3 Å². The predicted molar refractivity (Wildman–Crippen MR) is 110 cm³/mol. The first kappa shape index (κ1) is 17.9. The lowest BCUT2D eigenvalue weighted by atomic mass is 10.1. The second-order valence-electron chi connectivity index (χ2n) is 7.19. The molecule has 2 heterocycles. The van der Waals surface area contributed by atoms with Gasteiger partial charge in [-0.05, 0) is 55.5 Å². The molecule has 0 saturated carbocycles. The molecule has 142 valence electrons. The van der Waals surface area contributed by atoms with Crippen molar-refractivity contribution in [2.75, 3.05) is 67.2 Å². The normalized spacial score (nSPS) is 17.9. The highest BCUT2D eigenvalue weighted by Crippen LogP contribution is 2.24. The lowest BCUT2D eigenvalue weighted by molar-refractivity contribution is 0.101. The molecule has 4 rings (SSSR count). The maximum atomic E-state index is 11.4. The second-order valence-corrected chi connectivity index (χ2v) is 7.19. The van der Waals surface area contributed by atoms with Crippen molar-refractivity contribution >= 4 is 22.8 Å². The minimum atomic E-state index is 0.117. The molecule has 5 heteroatoms. The van der Waals surface area contributed by atoms with Crippen LogP contribution in [0.4, 0.5) is 17.1 Å². The number of benzene rings is 2. The fourth-order valence-corrected chi connectivity index (χ4v) is 3.83. The largest absolute Gasteiger partial charge is 0.378 e. The fraction of sp³-hybridized carbons (Fsp3) is 0.409. The van der Waals surface area contributed by atoms with E-state index in [9.17, 15) is 4.79 Å². The molecule has 27 heavy (non-hydrogen) atoms. The molecule has 2 aliphatic rings. The Balaban J connectivity index is 1.35. The Morgan fingerprint density at radius 1 is 0.667 bits per heavy atom. The number of Topliss-reactive ketones (excluding diaryl/α,β-unsaturated/α-hetero) is 1. The van der Waals surface area contributed by atoms with Gasteiger partial charge in [-0.2, -0.15) is 0 Å². The van der Waals surface area contributed by atoms with E-state index < -0.39 is 0 Å². The van der Waals surface area contributed by atoms with Gasteiger partial charge in [-0.3, -0.25) is 4.79 Å². The summed E-state index contributed by atoms with van der Waals surface area (Å²) in [6.07, 6.45) is 0. The van der Waals surface area contributed by atoms with E-state index in [2.05, 4.69) is 51.1 Å². The van der Waals surface area contributed by atoms with Gasteiger partial charge < -0.3 is 19.4 Å². The number of piperazine rings is 1. The fourth-order valence-electron chi connectivity index (χ4n) is 3.83. The Kier molecular flexibility index (Phi) is 5.30. The molecule has 0 aromatic heterocycles. The number of hydrogen-bond donors (Lipinski definition) is 0. The quantitative estimate of drug-likeness (QED) is 0.779. The first-order chi connectivity index (χ1) is 13.2. The van der Waals surface area contributed by atoms with Crippen LogP contribution in [0.15, 0.2) is 48.5 Å². The lowest BCUT2D eigenvalue weighted by Crippen LogP contribution is -2.46. The SMILES string of the molecule is CC(=O)c1ccc(N2CCN(c3ccc(N4CCOCC4)cc3)CC2)cc1. The number of nitrogens with zero attached hydrogens (tertiary/aromatic N) is 3. The zero-order chi connectivity index (χ0) is 18.6. The lowest BCUT2D eigenvalue weighted by Gasteiger charge is -2.37. The van der Waals surface area contributed by atoms with Crippen molar-refractivity contribution in [2.24, 2.45) is 0 Å². The molecule has 0 unspecified atom stereocenters. The summed E-state index contributed by atoms with van der Waals surface area (Å²) in [6.45, 7) is 9.18. The van der Waals surface area contributed by atoms with Crippen molar-refractivity contribution in [1.82, 2.24) is 0 Å². The summed E-state index contributed by atoms with van der Waals surface area (Å²) in [5.41, 5.74) is 4.55. The van der Waals surface area contributed by atoms with Crippen molar-refractivity contribution in [3.8, 4) is 0 Å². The maximum Gasteiger partial charge on any atom is 0.159 e. The van der Waals surface area contributed by atoms with E-state index in [1.807, 2.05) is 12.1 Å². The topological polar surface area (TPSA) is 36.0 Å². The standard InChI is InChI=1S/C22H27N3O2/c1-18(26)19-2-4-20(5-3-19)23-10-12-24(13-11-23)21-6-8-22(9-7-21)25-14-16-27-17-15-25/h2-9H,10-17H2,1H3. The third-order valence-corrected chi connectivity index (χ3v) is 5.51. The molecule has 5 nitrogen and oxygen atoms in total. The highest BCUT2D eigenvalue weighted by atomic mass is 16.5. The highest BCUT2D eigenvalue weighted by Gasteiger charge is 2.18. The van der Waals surface area contributed by atoms with Crippen molar-refractivity contribution in [3.05, 3.63) is 54.1 Å². The number of ether oxygens (including phenoxy) is 1. The molecule has 2 saturated heterocycles. The molecular weight excluding hydrogens is 338 g/mol. The third kappa shape index (κ3) is 4.08. The Bertz CT molecular complexity index is 759. The zero-order valence-electron chi connectivity index (χ0n) is 15.9. The summed E-state index contributed by atoms with van der Waals surface area (Å²) in [4.78, 5) is 18.7. The molecule has 2 aromatic carbocycles. The summed E-state index contributed by atoms with van der Waals surface area (Å²) in [5, 5.41) is 0. The van der Waals surface area contributed by atoms with Crippen molar-refractivity contribution in [2.45, 2.75) is 6.92 Å². The minimum Gasteiger partial charge on any atom is -0.378 e. The number of morpholine rings is 1. The smallest absolute Gasteiger partial charge is 0.159 e. The summed E-state index contributed by atoms with van der Waals surface area (Å²) in [5.74, 6) is 0.117. The van der Waals surface area contributed by atoms with E-state index >= 15 is 0 Å². The molecule has 0 bridgehead atoms. The van der Waals surface area contributed by atoms with Gasteiger partial charge in [0.2, 0.25) is 0 Å². The third-order valence-electron chi connectivity index (χ3n) is 5.51. The molecule has 0 radical (unpaired) electrons. The Morgan fingerprint density at radius 3 is 1.44 bits per heavy atom. The summed E-state index contributed by atoms with van der Waals surface area (Å²) < 4.78 is 5.43. The maximum absolute atomic E-state index is 11.4. The molecule has 0 aliphatic carbocycles. The van der Waals surface area contributed by atoms with E-state index in [1.165, 1.54) is 17.1 Å². The molecule has 0 spiro atoms. The van der Waals surface area contributed by atoms with Crippen LogP contribution < -0.4 is 14.7 Å². The van der Waals surface area contributed by atoms with Gasteiger partial charge in [0.05, 0.1) is 13.2 Å². The van der Waals surface area contributed by atoms with E-state index in [0.717, 1.165) is 58.0 Å². The van der Waals surface area contributed by atoms with Gasteiger partial charge in [0, 0.05) is 61.9 Å². The molecule has 0 N–H and O–H groups in total. The van der Waals surface area contributed by atoms with Crippen LogP contribution in [0.25, 0.3) is 0 Å². The minimum absolute atomic E-state index is 0.117. The van der Waals surface area contributed by atoms with Crippen LogP contribution in [-0.4, -0.2) is 58.3 Å². The van der Waals surface area contributed by atoms with Gasteiger partial charge in [0.25, 0.3) is 0 Å². The Labute approximate surface area is 161 Å². The van der Waals surface area contributed by atoms with Crippen LogP contribution >= 0.6 is 0 Å². The Hall–Kier alpha value is -2.53. The number of anilines is 3. The van der Waals surface area contributed by atoms with E-state index in [-0.39, 0.29) is 5.78 Å². The first-order valence-corrected chi connectivity index (χ1v) is 9.74. The van der Waals surface area contributed by atoms with Gasteiger partial charge in [-0.25, -0.2) is 0 Å². The number of rotatable bonds is 4. The summed E-state index contributed by atoms with van der Waals surface area (Å²) >= 11 is 0. The Morgan fingerprint density at radius 2 is 1.04 bits per heavy atom. The molecule has 2 aromatic rings. The van der Waals surface area contributed by atoms with Crippen LogP contribution in [0.2, 0.25) is 0 Å². The second kappa shape index (κ2) is 8.01. The van der Waals surface area contributed by atoms with Gasteiger partial charge in [-0.1, -0.05) is 0 Å². The van der Waals surface area contributed by atoms with Crippen molar-refractivity contribution in [3.63, 3.8) is 0 Å². The summed E-state index contributed by atoms with van der Waals surface area (Å²) in [7, 11) is 0. The molecule has 0 atom stereocenters. The monoisotopic (exact) mass is 365 g/mol. The van der Waals surface area contributed by atoms with Crippen LogP contribution in [0.5, 0.6) is 0 Å². The van der Waals surface area contributed by atoms with Gasteiger partial charge in [0.15, 0.2) is 5.78 Å². The van der Waals surface area contributed by atoms with E-state index in [1.54, 1.807) is 6.92 Å². The van der Waals surface area contributed by atoms with Gasteiger partial charge >= 0.3 is 0 Å². The highest BCUT2D eigenvalue weighted by molar-refractivity contribution is 5.94. The molecule has 2 fully saturated rings. The van der Waals surface area contributed by atoms with Gasteiger partial charge in [-0.15, -0.1) is 0 Å². The molecule has 0 amide bonds.